The van der Waals surface area contributed by atoms with Gasteiger partial charge in [-0.3, -0.25) is 9.59 Å². The molecule has 0 aliphatic heterocycles. The van der Waals surface area contributed by atoms with Gasteiger partial charge in [-0.05, 0) is 61.9 Å². The van der Waals surface area contributed by atoms with Crippen LogP contribution in [0, 0.1) is 5.82 Å². The number of aromatic nitrogens is 1. The number of halogens is 1. The lowest BCUT2D eigenvalue weighted by Gasteiger charge is -2.13. The zero-order valence-corrected chi connectivity index (χ0v) is 19.9. The van der Waals surface area contributed by atoms with E-state index in [1.807, 2.05) is 0 Å². The number of oxazole rings is 1. The molecule has 2 heterocycles. The third-order valence-electron chi connectivity index (χ3n) is 5.71. The van der Waals surface area contributed by atoms with Crippen LogP contribution in [-0.4, -0.2) is 37.1 Å². The van der Waals surface area contributed by atoms with Crippen LogP contribution in [0.5, 0.6) is 0 Å². The van der Waals surface area contributed by atoms with Gasteiger partial charge in [0, 0.05) is 43.5 Å². The van der Waals surface area contributed by atoms with E-state index >= 15 is 0 Å². The Morgan fingerprint density at radius 3 is 2.79 bits per heavy atom. The number of aryl methyl sites for hydroxylation is 2. The normalized spacial score (nSPS) is 12.9. The maximum atomic E-state index is 13.1. The number of rotatable bonds is 10. The van der Waals surface area contributed by atoms with Gasteiger partial charge in [0.25, 0.3) is 5.91 Å². The second-order valence-corrected chi connectivity index (χ2v) is 9.30. The lowest BCUT2D eigenvalue weighted by atomic mass is 9.95. The molecule has 0 saturated heterocycles. The summed E-state index contributed by atoms with van der Waals surface area (Å²) in [6, 6.07) is 5.95. The number of anilines is 1. The van der Waals surface area contributed by atoms with Gasteiger partial charge in [-0.1, -0.05) is 0 Å². The van der Waals surface area contributed by atoms with E-state index < -0.39 is 0 Å². The van der Waals surface area contributed by atoms with E-state index in [1.54, 1.807) is 25.4 Å². The number of amides is 2. The number of nitrogens with zero attached hydrogens (tertiary/aromatic N) is 1. The van der Waals surface area contributed by atoms with Crippen molar-refractivity contribution in [2.75, 3.05) is 25.6 Å². The molecule has 0 spiro atoms. The van der Waals surface area contributed by atoms with Crippen molar-refractivity contribution >= 4 is 28.2 Å². The Bertz CT molecular complexity index is 1140. The maximum Gasteiger partial charge on any atom is 0.254 e. The van der Waals surface area contributed by atoms with Crippen molar-refractivity contribution in [3.05, 3.63) is 58.2 Å². The van der Waals surface area contributed by atoms with E-state index in [1.165, 1.54) is 28.3 Å². The van der Waals surface area contributed by atoms with Crippen LogP contribution in [0.2, 0.25) is 0 Å². The van der Waals surface area contributed by atoms with Crippen LogP contribution in [-0.2, 0) is 28.8 Å². The smallest absolute Gasteiger partial charge is 0.254 e. The highest BCUT2D eigenvalue weighted by atomic mass is 32.1. The molecule has 7 nitrogen and oxygen atoms in total. The first kappa shape index (κ1) is 24.1. The molecule has 0 bridgehead atoms. The summed E-state index contributed by atoms with van der Waals surface area (Å²) in [5, 5.41) is 6.51. The zero-order chi connectivity index (χ0) is 23.9. The lowest BCUT2D eigenvalue weighted by Crippen LogP contribution is -2.27. The molecule has 2 aromatic heterocycles. The summed E-state index contributed by atoms with van der Waals surface area (Å²) in [5.41, 5.74) is 2.38. The van der Waals surface area contributed by atoms with E-state index in [0.29, 0.717) is 41.8 Å². The predicted octanol–water partition coefficient (Wildman–Crippen LogP) is 4.76. The van der Waals surface area contributed by atoms with Crippen LogP contribution in [0.3, 0.4) is 0 Å². The minimum atomic E-state index is -0.321. The second-order valence-electron chi connectivity index (χ2n) is 8.19. The first-order chi connectivity index (χ1) is 16.5. The quantitative estimate of drug-likeness (QED) is 0.404. The third kappa shape index (κ3) is 5.90. The fraction of sp³-hybridized carbons (Fsp3) is 0.400. The number of hydrogen-bond donors (Lipinski definition) is 2. The summed E-state index contributed by atoms with van der Waals surface area (Å²) in [7, 11) is 1.63. The molecular formula is C25H28FN3O4S. The molecule has 0 fully saturated rings. The van der Waals surface area contributed by atoms with Crippen molar-refractivity contribution in [3.8, 4) is 11.3 Å². The topological polar surface area (TPSA) is 93.5 Å². The Balaban J connectivity index is 1.39. The van der Waals surface area contributed by atoms with Crippen LogP contribution in [0.25, 0.3) is 11.3 Å². The highest BCUT2D eigenvalue weighted by Gasteiger charge is 2.26. The number of carbonyl (C=O) groups is 2. The first-order valence-corrected chi connectivity index (χ1v) is 12.3. The lowest BCUT2D eigenvalue weighted by molar-refractivity contribution is -0.116. The van der Waals surface area contributed by atoms with Crippen LogP contribution < -0.4 is 10.6 Å². The van der Waals surface area contributed by atoms with Gasteiger partial charge in [-0.2, -0.15) is 0 Å². The van der Waals surface area contributed by atoms with Gasteiger partial charge in [0.05, 0.1) is 11.8 Å². The third-order valence-corrected chi connectivity index (χ3v) is 6.92. The van der Waals surface area contributed by atoms with E-state index in [0.717, 1.165) is 43.2 Å². The molecule has 0 saturated carbocycles. The summed E-state index contributed by atoms with van der Waals surface area (Å²) >= 11 is 1.50. The fourth-order valence-electron chi connectivity index (χ4n) is 3.98. The SMILES string of the molecule is COCCCNC(=O)c1c(NC(=O)CCc2ncc(-c3ccc(F)cc3)o2)sc2c1CCCC2. The van der Waals surface area contributed by atoms with Crippen molar-refractivity contribution < 1.29 is 23.1 Å². The van der Waals surface area contributed by atoms with E-state index in [2.05, 4.69) is 15.6 Å². The minimum Gasteiger partial charge on any atom is -0.441 e. The Kier molecular flexibility index (Phi) is 8.08. The maximum absolute atomic E-state index is 13.1. The van der Waals surface area contributed by atoms with Crippen molar-refractivity contribution in [3.63, 3.8) is 0 Å². The monoisotopic (exact) mass is 485 g/mol. The summed E-state index contributed by atoms with van der Waals surface area (Å²) < 4.78 is 23.9. The molecule has 1 aromatic carbocycles. The van der Waals surface area contributed by atoms with Crippen LogP contribution >= 0.6 is 11.3 Å². The van der Waals surface area contributed by atoms with Crippen LogP contribution in [0.1, 0.15) is 52.4 Å². The molecule has 2 N–H and O–H groups in total. The van der Waals surface area contributed by atoms with E-state index in [4.69, 9.17) is 9.15 Å². The Hall–Kier alpha value is -3.04. The van der Waals surface area contributed by atoms with Gasteiger partial charge in [0.2, 0.25) is 5.91 Å². The molecule has 1 aliphatic rings. The molecule has 0 atom stereocenters. The second kappa shape index (κ2) is 11.4. The van der Waals surface area contributed by atoms with E-state index in [9.17, 15) is 14.0 Å². The summed E-state index contributed by atoms with van der Waals surface area (Å²) in [6.45, 7) is 1.10. The number of methoxy groups -OCH3 is 1. The van der Waals surface area contributed by atoms with Crippen molar-refractivity contribution in [2.24, 2.45) is 0 Å². The summed E-state index contributed by atoms with van der Waals surface area (Å²) in [6.07, 6.45) is 6.70. The number of fused-ring (bicyclic) bond motifs is 1. The number of hydrogen-bond acceptors (Lipinski definition) is 6. The van der Waals surface area contributed by atoms with Crippen molar-refractivity contribution in [2.45, 2.75) is 44.9 Å². The minimum absolute atomic E-state index is 0.151. The summed E-state index contributed by atoms with van der Waals surface area (Å²) in [5.74, 6) is 0.277. The van der Waals surface area contributed by atoms with E-state index in [-0.39, 0.29) is 24.1 Å². The Morgan fingerprint density at radius 1 is 1.21 bits per heavy atom. The van der Waals surface area contributed by atoms with Crippen LogP contribution in [0.15, 0.2) is 34.9 Å². The van der Waals surface area contributed by atoms with Gasteiger partial charge >= 0.3 is 0 Å². The van der Waals surface area contributed by atoms with Gasteiger partial charge in [-0.15, -0.1) is 11.3 Å². The van der Waals surface area contributed by atoms with Crippen molar-refractivity contribution in [1.82, 2.24) is 10.3 Å². The zero-order valence-electron chi connectivity index (χ0n) is 19.1. The molecule has 4 rings (SSSR count). The van der Waals surface area contributed by atoms with Gasteiger partial charge in [0.1, 0.15) is 10.8 Å². The molecule has 9 heteroatoms. The molecule has 2 amide bonds. The fourth-order valence-corrected chi connectivity index (χ4v) is 5.29. The average Bonchev–Trinajstić information content (AvgIpc) is 3.45. The number of nitrogens with one attached hydrogen (secondary N) is 2. The standard InChI is InChI=1S/C25H28FN3O4S/c1-32-14-4-13-27-24(31)23-18-5-2-3-6-20(18)34-25(23)29-21(30)11-12-22-28-15-19(33-22)16-7-9-17(26)10-8-16/h7-10,15H,2-6,11-14H2,1H3,(H,27,31)(H,29,30). The first-order valence-electron chi connectivity index (χ1n) is 11.5. The van der Waals surface area contributed by atoms with Gasteiger partial charge in [0.15, 0.2) is 11.7 Å². The number of ether oxygens (including phenoxy) is 1. The Labute approximate surface area is 201 Å². The molecule has 1 aliphatic carbocycles. The molecule has 34 heavy (non-hydrogen) atoms. The van der Waals surface area contributed by atoms with Crippen LogP contribution in [0.4, 0.5) is 9.39 Å². The summed E-state index contributed by atoms with van der Waals surface area (Å²) in [4.78, 5) is 31.1. The average molecular weight is 486 g/mol. The highest BCUT2D eigenvalue weighted by molar-refractivity contribution is 7.17. The molecule has 3 aromatic rings. The van der Waals surface area contributed by atoms with Gasteiger partial charge in [-0.25, -0.2) is 9.37 Å². The molecular weight excluding hydrogens is 457 g/mol. The van der Waals surface area contributed by atoms with Crippen molar-refractivity contribution in [1.29, 1.82) is 0 Å². The highest BCUT2D eigenvalue weighted by Crippen LogP contribution is 2.38. The number of thiophene rings is 1. The molecule has 180 valence electrons. The van der Waals surface area contributed by atoms with Gasteiger partial charge < -0.3 is 19.8 Å². The number of carbonyl (C=O) groups excluding carboxylic acids is 2. The largest absolute Gasteiger partial charge is 0.441 e. The number of benzene rings is 1. The molecule has 0 unspecified atom stereocenters. The molecule has 0 radical (unpaired) electrons. The predicted molar refractivity (Wildman–Crippen MR) is 129 cm³/mol. The Morgan fingerprint density at radius 2 is 2.00 bits per heavy atom.